The van der Waals surface area contributed by atoms with E-state index in [1.54, 1.807) is 24.3 Å². The van der Waals surface area contributed by atoms with E-state index in [-0.39, 0.29) is 12.4 Å². The Balaban J connectivity index is 2.48. The van der Waals surface area contributed by atoms with Crippen LogP contribution in [0.3, 0.4) is 0 Å². The zero-order valence-corrected chi connectivity index (χ0v) is 10.5. The number of hydrogen-bond donors (Lipinski definition) is 0. The molecule has 0 saturated carbocycles. The van der Waals surface area contributed by atoms with Crippen LogP contribution < -0.4 is 0 Å². The molecule has 17 heavy (non-hydrogen) atoms. The first-order valence-electron chi connectivity index (χ1n) is 4.91. The number of rotatable bonds is 2. The van der Waals surface area contributed by atoms with E-state index in [1.807, 2.05) is 0 Å². The number of benzene rings is 1. The first-order chi connectivity index (χ1) is 8.10. The first-order valence-corrected chi connectivity index (χ1v) is 5.67. The van der Waals surface area contributed by atoms with Crippen molar-refractivity contribution >= 4 is 40.1 Å². The van der Waals surface area contributed by atoms with Gasteiger partial charge < -0.3 is 4.74 Å². The molecule has 2 aromatic rings. The Hall–Kier alpha value is -1.32. The van der Waals surface area contributed by atoms with Crippen molar-refractivity contribution in [1.29, 1.82) is 0 Å². The number of ether oxygens (including phenoxy) is 1. The minimum Gasteiger partial charge on any atom is -0.469 e. The predicted octanol–water partition coefficient (Wildman–Crippen LogP) is 3.26. The minimum absolute atomic E-state index is 0.106. The second kappa shape index (κ2) is 4.90. The number of pyridine rings is 1. The summed E-state index contributed by atoms with van der Waals surface area (Å²) in [5.74, 6) is -0.345. The summed E-state index contributed by atoms with van der Waals surface area (Å²) in [6, 6.07) is 6.89. The van der Waals surface area contributed by atoms with Crippen LogP contribution in [-0.2, 0) is 16.0 Å². The Kier molecular flexibility index (Phi) is 3.50. The number of halogens is 2. The van der Waals surface area contributed by atoms with Crippen LogP contribution >= 0.6 is 23.2 Å². The average molecular weight is 270 g/mol. The Labute approximate surface area is 108 Å². The van der Waals surface area contributed by atoms with E-state index < -0.39 is 0 Å². The maximum Gasteiger partial charge on any atom is 0.311 e. The summed E-state index contributed by atoms with van der Waals surface area (Å²) in [5, 5.41) is 1.89. The second-order valence-electron chi connectivity index (χ2n) is 3.51. The van der Waals surface area contributed by atoms with E-state index in [4.69, 9.17) is 23.2 Å². The van der Waals surface area contributed by atoms with Crippen molar-refractivity contribution in [1.82, 2.24) is 4.98 Å². The zero-order chi connectivity index (χ0) is 12.4. The number of carbonyl (C=O) groups is 1. The molecule has 3 nitrogen and oxygen atoms in total. The molecule has 2 rings (SSSR count). The quantitative estimate of drug-likeness (QED) is 0.786. The molecule has 0 atom stereocenters. The summed E-state index contributed by atoms with van der Waals surface area (Å²) in [7, 11) is 1.34. The van der Waals surface area contributed by atoms with Gasteiger partial charge in [-0.3, -0.25) is 9.78 Å². The summed E-state index contributed by atoms with van der Waals surface area (Å²) in [6.07, 6.45) is 0.106. The smallest absolute Gasteiger partial charge is 0.311 e. The Morgan fingerprint density at radius 1 is 1.35 bits per heavy atom. The fraction of sp³-hybridized carbons (Fsp3) is 0.167. The van der Waals surface area contributed by atoms with Gasteiger partial charge in [0.05, 0.1) is 29.8 Å². The van der Waals surface area contributed by atoms with E-state index in [9.17, 15) is 4.79 Å². The molecule has 0 aliphatic rings. The van der Waals surface area contributed by atoms with Crippen LogP contribution in [-0.4, -0.2) is 18.1 Å². The SMILES string of the molecule is COC(=O)Cc1cc(Cl)c2cc(Cl)ccc2n1. The van der Waals surface area contributed by atoms with Gasteiger partial charge in [0.15, 0.2) is 0 Å². The molecule has 0 radical (unpaired) electrons. The number of esters is 1. The molecule has 0 fully saturated rings. The van der Waals surface area contributed by atoms with Crippen LogP contribution in [0, 0.1) is 0 Å². The monoisotopic (exact) mass is 269 g/mol. The molecule has 88 valence electrons. The van der Waals surface area contributed by atoms with Crippen molar-refractivity contribution in [2.45, 2.75) is 6.42 Å². The molecule has 0 spiro atoms. The lowest BCUT2D eigenvalue weighted by molar-refractivity contribution is -0.139. The molecule has 1 aromatic carbocycles. The molecule has 1 heterocycles. The van der Waals surface area contributed by atoms with Crippen LogP contribution in [0.4, 0.5) is 0 Å². The molecule has 0 N–H and O–H groups in total. The van der Waals surface area contributed by atoms with Crippen molar-refractivity contribution in [3.63, 3.8) is 0 Å². The van der Waals surface area contributed by atoms with Crippen molar-refractivity contribution in [2.24, 2.45) is 0 Å². The van der Waals surface area contributed by atoms with Gasteiger partial charge >= 0.3 is 5.97 Å². The molecule has 0 amide bonds. The van der Waals surface area contributed by atoms with Crippen molar-refractivity contribution in [2.75, 3.05) is 7.11 Å². The highest BCUT2D eigenvalue weighted by Crippen LogP contribution is 2.26. The molecular weight excluding hydrogens is 261 g/mol. The Bertz CT molecular complexity index is 584. The van der Waals surface area contributed by atoms with E-state index in [0.717, 1.165) is 5.39 Å². The lowest BCUT2D eigenvalue weighted by atomic mass is 10.2. The number of fused-ring (bicyclic) bond motifs is 1. The van der Waals surface area contributed by atoms with E-state index in [2.05, 4.69) is 9.72 Å². The van der Waals surface area contributed by atoms with E-state index in [0.29, 0.717) is 21.3 Å². The lowest BCUT2D eigenvalue weighted by Crippen LogP contribution is -2.06. The van der Waals surface area contributed by atoms with Gasteiger partial charge in [0.25, 0.3) is 0 Å². The maximum absolute atomic E-state index is 11.2. The maximum atomic E-state index is 11.2. The highest BCUT2D eigenvalue weighted by molar-refractivity contribution is 6.36. The van der Waals surface area contributed by atoms with Crippen LogP contribution in [0.15, 0.2) is 24.3 Å². The number of methoxy groups -OCH3 is 1. The zero-order valence-electron chi connectivity index (χ0n) is 9.04. The third-order valence-corrected chi connectivity index (χ3v) is 2.87. The fourth-order valence-electron chi connectivity index (χ4n) is 1.52. The van der Waals surface area contributed by atoms with Gasteiger partial charge in [0, 0.05) is 10.4 Å². The van der Waals surface area contributed by atoms with Gasteiger partial charge in [0.1, 0.15) is 0 Å². The number of hydrogen-bond acceptors (Lipinski definition) is 3. The average Bonchev–Trinajstić information content (AvgIpc) is 2.30. The van der Waals surface area contributed by atoms with E-state index in [1.165, 1.54) is 7.11 Å². The van der Waals surface area contributed by atoms with Crippen molar-refractivity contribution in [3.05, 3.63) is 40.0 Å². The number of nitrogens with zero attached hydrogens (tertiary/aromatic N) is 1. The largest absolute Gasteiger partial charge is 0.469 e. The summed E-state index contributed by atoms with van der Waals surface area (Å²) >= 11 is 12.0. The highest BCUT2D eigenvalue weighted by atomic mass is 35.5. The summed E-state index contributed by atoms with van der Waals surface area (Å²) < 4.78 is 4.58. The predicted molar refractivity (Wildman–Crippen MR) is 67.5 cm³/mol. The molecule has 0 saturated heterocycles. The van der Waals surface area contributed by atoms with Crippen LogP contribution in [0.2, 0.25) is 10.0 Å². The molecule has 0 aliphatic heterocycles. The summed E-state index contributed by atoms with van der Waals surface area (Å²) in [4.78, 5) is 15.5. The summed E-state index contributed by atoms with van der Waals surface area (Å²) in [6.45, 7) is 0. The molecule has 0 bridgehead atoms. The van der Waals surface area contributed by atoms with Crippen LogP contribution in [0.25, 0.3) is 10.9 Å². The molecule has 1 aromatic heterocycles. The van der Waals surface area contributed by atoms with Gasteiger partial charge in [0.2, 0.25) is 0 Å². The number of carbonyl (C=O) groups excluding carboxylic acids is 1. The Morgan fingerprint density at radius 3 is 2.82 bits per heavy atom. The highest BCUT2D eigenvalue weighted by Gasteiger charge is 2.08. The van der Waals surface area contributed by atoms with Gasteiger partial charge in [-0.2, -0.15) is 0 Å². The molecule has 0 aliphatic carbocycles. The van der Waals surface area contributed by atoms with Crippen LogP contribution in [0.5, 0.6) is 0 Å². The standard InChI is InChI=1S/C12H9Cl2NO2/c1-17-12(16)6-8-5-10(14)9-4-7(13)2-3-11(9)15-8/h2-5H,6H2,1H3. The molecule has 0 unspecified atom stereocenters. The van der Waals surface area contributed by atoms with Gasteiger partial charge in [-0.1, -0.05) is 23.2 Å². The lowest BCUT2D eigenvalue weighted by Gasteiger charge is -2.05. The van der Waals surface area contributed by atoms with E-state index >= 15 is 0 Å². The first kappa shape index (κ1) is 12.1. The summed E-state index contributed by atoms with van der Waals surface area (Å²) in [5.41, 5.74) is 1.29. The number of aromatic nitrogens is 1. The minimum atomic E-state index is -0.345. The van der Waals surface area contributed by atoms with Crippen LogP contribution in [0.1, 0.15) is 5.69 Å². The van der Waals surface area contributed by atoms with Gasteiger partial charge in [-0.25, -0.2) is 0 Å². The van der Waals surface area contributed by atoms with Gasteiger partial charge in [-0.15, -0.1) is 0 Å². The van der Waals surface area contributed by atoms with Crippen molar-refractivity contribution in [3.8, 4) is 0 Å². The van der Waals surface area contributed by atoms with Gasteiger partial charge in [-0.05, 0) is 24.3 Å². The van der Waals surface area contributed by atoms with Crippen molar-refractivity contribution < 1.29 is 9.53 Å². The normalized spacial score (nSPS) is 10.5. The Morgan fingerprint density at radius 2 is 2.12 bits per heavy atom. The fourth-order valence-corrected chi connectivity index (χ4v) is 1.97. The topological polar surface area (TPSA) is 39.2 Å². The molecule has 5 heteroatoms. The molecular formula is C12H9Cl2NO2. The third-order valence-electron chi connectivity index (χ3n) is 2.33. The second-order valence-corrected chi connectivity index (χ2v) is 4.35. The third kappa shape index (κ3) is 2.68.